The minimum atomic E-state index is -0.862. The molecule has 0 aliphatic heterocycles. The maximum atomic E-state index is 11.4. The van der Waals surface area contributed by atoms with E-state index < -0.39 is 11.4 Å². The molecule has 0 bridgehead atoms. The summed E-state index contributed by atoms with van der Waals surface area (Å²) in [5.74, 6) is -0.434. The highest BCUT2D eigenvalue weighted by atomic mass is 16.4. The summed E-state index contributed by atoms with van der Waals surface area (Å²) in [6.45, 7) is 7.78. The van der Waals surface area contributed by atoms with Crippen molar-refractivity contribution in [2.75, 3.05) is 6.54 Å². The molecule has 0 aromatic rings. The second-order valence-corrected chi connectivity index (χ2v) is 4.93. The fourth-order valence-corrected chi connectivity index (χ4v) is 1.15. The van der Waals surface area contributed by atoms with Crippen molar-refractivity contribution in [2.45, 2.75) is 47.0 Å². The van der Waals surface area contributed by atoms with E-state index in [1.54, 1.807) is 6.92 Å². The molecule has 0 rings (SSSR count). The van der Waals surface area contributed by atoms with Gasteiger partial charge in [0.1, 0.15) is 0 Å². The molecule has 94 valence electrons. The van der Waals surface area contributed by atoms with Crippen LogP contribution in [0.15, 0.2) is 0 Å². The Morgan fingerprint density at radius 1 is 1.38 bits per heavy atom. The van der Waals surface area contributed by atoms with Crippen LogP contribution >= 0.6 is 0 Å². The maximum Gasteiger partial charge on any atom is 0.311 e. The van der Waals surface area contributed by atoms with Gasteiger partial charge < -0.3 is 10.4 Å². The van der Waals surface area contributed by atoms with Crippen molar-refractivity contribution in [3.8, 4) is 0 Å². The van der Waals surface area contributed by atoms with Gasteiger partial charge in [-0.25, -0.2) is 0 Å². The van der Waals surface area contributed by atoms with Crippen LogP contribution in [0, 0.1) is 11.3 Å². The van der Waals surface area contributed by atoms with Gasteiger partial charge in [0.05, 0.1) is 5.41 Å². The van der Waals surface area contributed by atoms with E-state index in [-0.39, 0.29) is 12.5 Å². The highest BCUT2D eigenvalue weighted by molar-refractivity contribution is 5.78. The SMILES string of the molecule is CCC(C)(CNC(=O)CCC(C)C)C(=O)O. The van der Waals surface area contributed by atoms with Crippen molar-refractivity contribution < 1.29 is 14.7 Å². The first-order valence-electron chi connectivity index (χ1n) is 5.82. The van der Waals surface area contributed by atoms with Gasteiger partial charge in [0.25, 0.3) is 0 Å². The Labute approximate surface area is 97.4 Å². The molecule has 4 heteroatoms. The molecule has 0 fully saturated rings. The van der Waals surface area contributed by atoms with Crippen LogP contribution in [0.25, 0.3) is 0 Å². The fourth-order valence-electron chi connectivity index (χ4n) is 1.15. The van der Waals surface area contributed by atoms with Crippen molar-refractivity contribution >= 4 is 11.9 Å². The number of carbonyl (C=O) groups is 2. The number of carboxylic acid groups (broad SMARTS) is 1. The molecule has 4 nitrogen and oxygen atoms in total. The summed E-state index contributed by atoms with van der Waals surface area (Å²) in [6.07, 6.45) is 1.81. The monoisotopic (exact) mass is 229 g/mol. The van der Waals surface area contributed by atoms with Gasteiger partial charge in [0, 0.05) is 13.0 Å². The first kappa shape index (κ1) is 14.9. The number of rotatable bonds is 7. The normalized spacial score (nSPS) is 14.6. The second kappa shape index (κ2) is 6.51. The minimum Gasteiger partial charge on any atom is -0.481 e. The highest BCUT2D eigenvalue weighted by Crippen LogP contribution is 2.19. The Morgan fingerprint density at radius 3 is 2.31 bits per heavy atom. The zero-order chi connectivity index (χ0) is 12.8. The van der Waals surface area contributed by atoms with Crippen LogP contribution in [0.1, 0.15) is 47.0 Å². The van der Waals surface area contributed by atoms with Crippen LogP contribution in [-0.4, -0.2) is 23.5 Å². The molecule has 0 aromatic carbocycles. The van der Waals surface area contributed by atoms with Crippen LogP contribution in [-0.2, 0) is 9.59 Å². The largest absolute Gasteiger partial charge is 0.481 e. The van der Waals surface area contributed by atoms with Gasteiger partial charge in [-0.1, -0.05) is 20.8 Å². The number of nitrogens with one attached hydrogen (secondary N) is 1. The topological polar surface area (TPSA) is 66.4 Å². The van der Waals surface area contributed by atoms with E-state index in [2.05, 4.69) is 19.2 Å². The standard InChI is InChI=1S/C12H23NO3/c1-5-12(4,11(15)16)8-13-10(14)7-6-9(2)3/h9H,5-8H2,1-4H3,(H,13,14)(H,15,16). The lowest BCUT2D eigenvalue weighted by Gasteiger charge is -2.23. The third kappa shape index (κ3) is 5.14. The zero-order valence-corrected chi connectivity index (χ0v) is 10.7. The highest BCUT2D eigenvalue weighted by Gasteiger charge is 2.31. The van der Waals surface area contributed by atoms with Crippen LogP contribution in [0.4, 0.5) is 0 Å². The Bertz CT molecular complexity index is 251. The summed E-state index contributed by atoms with van der Waals surface area (Å²) < 4.78 is 0. The molecule has 16 heavy (non-hydrogen) atoms. The van der Waals surface area contributed by atoms with Crippen molar-refractivity contribution in [1.82, 2.24) is 5.32 Å². The molecule has 1 amide bonds. The zero-order valence-electron chi connectivity index (χ0n) is 10.7. The van der Waals surface area contributed by atoms with E-state index in [1.807, 2.05) is 6.92 Å². The summed E-state index contributed by atoms with van der Waals surface area (Å²) >= 11 is 0. The molecule has 0 saturated heterocycles. The smallest absolute Gasteiger partial charge is 0.311 e. The molecule has 0 aliphatic carbocycles. The van der Waals surface area contributed by atoms with Crippen molar-refractivity contribution in [3.63, 3.8) is 0 Å². The van der Waals surface area contributed by atoms with Crippen LogP contribution in [0.3, 0.4) is 0 Å². The van der Waals surface area contributed by atoms with Crippen LogP contribution < -0.4 is 5.32 Å². The molecule has 0 saturated carbocycles. The first-order chi connectivity index (χ1) is 7.31. The quantitative estimate of drug-likeness (QED) is 0.702. The van der Waals surface area contributed by atoms with Gasteiger partial charge in [0.15, 0.2) is 0 Å². The number of hydrogen-bond acceptors (Lipinski definition) is 2. The maximum absolute atomic E-state index is 11.4. The van der Waals surface area contributed by atoms with Gasteiger partial charge in [-0.3, -0.25) is 9.59 Å². The predicted molar refractivity (Wildman–Crippen MR) is 63.1 cm³/mol. The lowest BCUT2D eigenvalue weighted by molar-refractivity contribution is -0.148. The molecule has 0 aromatic heterocycles. The van der Waals surface area contributed by atoms with E-state index in [0.29, 0.717) is 18.8 Å². The molecule has 0 spiro atoms. The number of carboxylic acids is 1. The lowest BCUT2D eigenvalue weighted by Crippen LogP contribution is -2.40. The molecular weight excluding hydrogens is 206 g/mol. The van der Waals surface area contributed by atoms with Crippen LogP contribution in [0.5, 0.6) is 0 Å². The summed E-state index contributed by atoms with van der Waals surface area (Å²) in [4.78, 5) is 22.4. The average molecular weight is 229 g/mol. The molecule has 0 heterocycles. The molecular formula is C12H23NO3. The molecule has 1 atom stereocenters. The van der Waals surface area contributed by atoms with E-state index in [0.717, 1.165) is 6.42 Å². The van der Waals surface area contributed by atoms with E-state index in [1.165, 1.54) is 0 Å². The number of carbonyl (C=O) groups excluding carboxylic acids is 1. The Hall–Kier alpha value is -1.06. The van der Waals surface area contributed by atoms with Gasteiger partial charge in [-0.05, 0) is 25.7 Å². The van der Waals surface area contributed by atoms with Gasteiger partial charge in [-0.15, -0.1) is 0 Å². The molecule has 0 aliphatic rings. The van der Waals surface area contributed by atoms with Gasteiger partial charge in [-0.2, -0.15) is 0 Å². The number of aliphatic carboxylic acids is 1. The third-order valence-corrected chi connectivity index (χ3v) is 2.92. The number of hydrogen-bond donors (Lipinski definition) is 2. The Kier molecular flexibility index (Phi) is 6.08. The Morgan fingerprint density at radius 2 is 1.94 bits per heavy atom. The first-order valence-corrected chi connectivity index (χ1v) is 5.82. The number of amides is 1. The summed E-state index contributed by atoms with van der Waals surface area (Å²) in [5, 5.41) is 11.7. The van der Waals surface area contributed by atoms with Crippen LogP contribution in [0.2, 0.25) is 0 Å². The average Bonchev–Trinajstić information content (AvgIpc) is 2.22. The fraction of sp³-hybridized carbons (Fsp3) is 0.833. The van der Waals surface area contributed by atoms with Gasteiger partial charge in [0.2, 0.25) is 5.91 Å². The summed E-state index contributed by atoms with van der Waals surface area (Å²) in [7, 11) is 0. The Balaban J connectivity index is 4.03. The summed E-state index contributed by atoms with van der Waals surface area (Å²) in [6, 6.07) is 0. The van der Waals surface area contributed by atoms with E-state index in [4.69, 9.17) is 5.11 Å². The van der Waals surface area contributed by atoms with E-state index in [9.17, 15) is 9.59 Å². The van der Waals surface area contributed by atoms with Gasteiger partial charge >= 0.3 is 5.97 Å². The van der Waals surface area contributed by atoms with E-state index >= 15 is 0 Å². The lowest BCUT2D eigenvalue weighted by atomic mass is 9.87. The summed E-state index contributed by atoms with van der Waals surface area (Å²) in [5.41, 5.74) is -0.854. The van der Waals surface area contributed by atoms with Crippen molar-refractivity contribution in [3.05, 3.63) is 0 Å². The van der Waals surface area contributed by atoms with Crippen molar-refractivity contribution in [2.24, 2.45) is 11.3 Å². The van der Waals surface area contributed by atoms with Crippen molar-refractivity contribution in [1.29, 1.82) is 0 Å². The molecule has 2 N–H and O–H groups in total. The minimum absolute atomic E-state index is 0.0605. The molecule has 0 radical (unpaired) electrons. The second-order valence-electron chi connectivity index (χ2n) is 4.93. The predicted octanol–water partition coefficient (Wildman–Crippen LogP) is 2.04. The third-order valence-electron chi connectivity index (χ3n) is 2.92. The molecule has 1 unspecified atom stereocenters.